The summed E-state index contributed by atoms with van der Waals surface area (Å²) < 4.78 is 0. The van der Waals surface area contributed by atoms with Gasteiger partial charge in [-0.05, 0) is 15.9 Å². The van der Waals surface area contributed by atoms with Crippen molar-refractivity contribution in [3.8, 4) is 0 Å². The third-order valence-corrected chi connectivity index (χ3v) is 0.703. The molecule has 0 aromatic carbocycles. The second-order valence-corrected chi connectivity index (χ2v) is 1.23. The molecule has 1 heterocycles. The van der Waals surface area contributed by atoms with Crippen LogP contribution in [0.4, 0.5) is 5.82 Å². The first-order valence-corrected chi connectivity index (χ1v) is 2.05. The molecule has 0 aliphatic carbocycles. The van der Waals surface area contributed by atoms with Crippen LogP contribution in [-0.2, 0) is 0 Å². The summed E-state index contributed by atoms with van der Waals surface area (Å²) in [4.78, 5) is 3.37. The van der Waals surface area contributed by atoms with E-state index < -0.39 is 0 Å². The van der Waals surface area contributed by atoms with Gasteiger partial charge in [-0.3, -0.25) is 0 Å². The van der Waals surface area contributed by atoms with Crippen LogP contribution in [0.3, 0.4) is 0 Å². The number of rotatable bonds is 1. The van der Waals surface area contributed by atoms with Crippen LogP contribution in [0.1, 0.15) is 0 Å². The maximum absolute atomic E-state index is 7.90. The molecule has 1 aromatic rings. The summed E-state index contributed by atoms with van der Waals surface area (Å²) in [6.07, 6.45) is 1.26. The molecule has 1 aromatic heterocycles. The third-order valence-electron chi connectivity index (χ3n) is 0.703. The molecule has 1 rings (SSSR count). The highest BCUT2D eigenvalue weighted by Gasteiger charge is 1.92. The summed E-state index contributed by atoms with van der Waals surface area (Å²) in [5.74, 6) is 5.30. The highest BCUT2D eigenvalue weighted by molar-refractivity contribution is 5.20. The van der Waals surface area contributed by atoms with Gasteiger partial charge >= 0.3 is 0 Å². The van der Waals surface area contributed by atoms with Crippen molar-refractivity contribution in [2.45, 2.75) is 0 Å². The molecule has 0 fully saturated rings. The van der Waals surface area contributed by atoms with E-state index in [1.807, 2.05) is 0 Å². The zero-order chi connectivity index (χ0) is 6.69. The Morgan fingerprint density at radius 2 is 2.67 bits per heavy atom. The monoisotopic (exact) mass is 125 g/mol. The highest BCUT2D eigenvalue weighted by atomic mass is 15.6. The fraction of sp³-hybridized carbons (Fsp3) is 0. The van der Waals surface area contributed by atoms with Crippen LogP contribution < -0.4 is 5.84 Å². The maximum Gasteiger partial charge on any atom is 0.168 e. The number of hydrogen-bond donors (Lipinski definition) is 1. The van der Waals surface area contributed by atoms with E-state index in [0.29, 0.717) is 0 Å². The Morgan fingerprint density at radius 1 is 1.89 bits per heavy atom. The molecule has 0 unspecified atom stereocenters. The maximum atomic E-state index is 7.90. The lowest BCUT2D eigenvalue weighted by Gasteiger charge is -1.85. The van der Waals surface area contributed by atoms with Gasteiger partial charge < -0.3 is 5.84 Å². The number of hydrogen-bond acceptors (Lipinski definition) is 4. The minimum atomic E-state index is 0.192. The lowest BCUT2D eigenvalue weighted by Crippen LogP contribution is -2.08. The van der Waals surface area contributed by atoms with Gasteiger partial charge in [-0.1, -0.05) is 0 Å². The summed E-state index contributed by atoms with van der Waals surface area (Å²) in [5, 5.41) is 9.84. The van der Waals surface area contributed by atoms with Gasteiger partial charge in [0.1, 0.15) is 0 Å². The quantitative estimate of drug-likeness (QED) is 0.246. The number of nitrogens with two attached hydrogens (primary N) is 1. The topological polar surface area (TPSA) is 105 Å². The van der Waals surface area contributed by atoms with Crippen LogP contribution >= 0.6 is 0 Å². The van der Waals surface area contributed by atoms with Crippen molar-refractivity contribution in [3.05, 3.63) is 16.6 Å². The Bertz CT molecular complexity index is 241. The molecule has 7 nitrogen and oxygen atoms in total. The number of nitrogens with zero attached hydrogens (tertiary/aromatic N) is 6. The van der Waals surface area contributed by atoms with Crippen molar-refractivity contribution in [1.29, 1.82) is 0 Å². The third kappa shape index (κ3) is 0.892. The summed E-state index contributed by atoms with van der Waals surface area (Å²) >= 11 is 0. The Morgan fingerprint density at radius 3 is 3.11 bits per heavy atom. The second kappa shape index (κ2) is 2.01. The molecule has 0 aliphatic rings. The Hall–Kier alpha value is -1.75. The van der Waals surface area contributed by atoms with Crippen LogP contribution in [0.5, 0.6) is 0 Å². The van der Waals surface area contributed by atoms with E-state index in [4.69, 9.17) is 11.4 Å². The van der Waals surface area contributed by atoms with Crippen molar-refractivity contribution in [2.75, 3.05) is 5.84 Å². The molecule has 0 atom stereocenters. The first-order valence-electron chi connectivity index (χ1n) is 2.05. The molecule has 0 radical (unpaired) electrons. The molecule has 0 spiro atoms. The van der Waals surface area contributed by atoms with Gasteiger partial charge in [-0.15, -0.1) is 5.10 Å². The Labute approximate surface area is 49.7 Å². The van der Waals surface area contributed by atoms with Gasteiger partial charge in [0.2, 0.25) is 0 Å². The smallest absolute Gasteiger partial charge is 0.168 e. The van der Waals surface area contributed by atoms with Crippen LogP contribution in [0.2, 0.25) is 0 Å². The predicted molar refractivity (Wildman–Crippen MR) is 29.0 cm³/mol. The van der Waals surface area contributed by atoms with Gasteiger partial charge in [0.25, 0.3) is 0 Å². The molecular weight excluding hydrogens is 122 g/mol. The Kier molecular flexibility index (Phi) is 1.21. The predicted octanol–water partition coefficient (Wildman–Crippen LogP) is -0.0663. The summed E-state index contributed by atoms with van der Waals surface area (Å²) in [7, 11) is 0. The van der Waals surface area contributed by atoms with Crippen LogP contribution in [0, 0.1) is 0 Å². The molecule has 46 valence electrons. The average Bonchev–Trinajstić information content (AvgIpc) is 2.18. The van der Waals surface area contributed by atoms with E-state index >= 15 is 0 Å². The number of aromatic nitrogens is 3. The van der Waals surface area contributed by atoms with E-state index in [1.165, 1.54) is 6.20 Å². The van der Waals surface area contributed by atoms with Gasteiger partial charge in [-0.25, -0.2) is 0 Å². The van der Waals surface area contributed by atoms with E-state index in [0.717, 1.165) is 4.79 Å². The lowest BCUT2D eigenvalue weighted by atomic mass is 10.8. The first kappa shape index (κ1) is 5.39. The van der Waals surface area contributed by atoms with Crippen LogP contribution in [0.15, 0.2) is 11.3 Å². The second-order valence-electron chi connectivity index (χ2n) is 1.23. The van der Waals surface area contributed by atoms with E-state index in [2.05, 4.69) is 20.3 Å². The molecule has 0 bridgehead atoms. The summed E-state index contributed by atoms with van der Waals surface area (Å²) in [6, 6.07) is 0. The molecule has 0 saturated heterocycles. The van der Waals surface area contributed by atoms with E-state index in [1.54, 1.807) is 0 Å². The minimum Gasteiger partial charge on any atom is -0.321 e. The minimum absolute atomic E-state index is 0.192. The zero-order valence-corrected chi connectivity index (χ0v) is 4.34. The van der Waals surface area contributed by atoms with Crippen LogP contribution in [0.25, 0.3) is 10.4 Å². The molecular formula is C2H3N7. The largest absolute Gasteiger partial charge is 0.321 e. The zero-order valence-electron chi connectivity index (χ0n) is 4.34. The first-order chi connectivity index (χ1) is 4.34. The van der Waals surface area contributed by atoms with Crippen molar-refractivity contribution in [2.24, 2.45) is 5.11 Å². The number of nitrogen functional groups attached to an aromatic ring is 1. The van der Waals surface area contributed by atoms with Gasteiger partial charge in [0.15, 0.2) is 5.82 Å². The highest BCUT2D eigenvalue weighted by Crippen LogP contribution is 2.02. The molecule has 0 amide bonds. The van der Waals surface area contributed by atoms with Crippen LogP contribution in [-0.4, -0.2) is 15.1 Å². The van der Waals surface area contributed by atoms with E-state index in [-0.39, 0.29) is 5.82 Å². The molecule has 0 saturated carbocycles. The fourth-order valence-corrected chi connectivity index (χ4v) is 0.356. The standard InChI is InChI=1S/C2H3N7/c3-7-6-2-1-5-8-9(2)4/h1H,4H2. The molecule has 2 N–H and O–H groups in total. The SMILES string of the molecule is [N-]=[N+]=Nc1cnnn1N. The van der Waals surface area contributed by atoms with Gasteiger partial charge in [-0.2, -0.15) is 4.79 Å². The summed E-state index contributed by atoms with van der Waals surface area (Å²) in [5.41, 5.74) is 7.90. The number of azide groups is 1. The van der Waals surface area contributed by atoms with Gasteiger partial charge in [0, 0.05) is 4.91 Å². The molecule has 9 heavy (non-hydrogen) atoms. The normalized spacial score (nSPS) is 8.44. The molecule has 7 heteroatoms. The lowest BCUT2D eigenvalue weighted by molar-refractivity contribution is 0.766. The fourth-order valence-electron chi connectivity index (χ4n) is 0.356. The average molecular weight is 125 g/mol. The van der Waals surface area contributed by atoms with Crippen molar-refractivity contribution < 1.29 is 0 Å². The van der Waals surface area contributed by atoms with E-state index in [9.17, 15) is 0 Å². The molecule has 0 aliphatic heterocycles. The Balaban J connectivity index is 3.07. The van der Waals surface area contributed by atoms with Crippen molar-refractivity contribution in [1.82, 2.24) is 15.1 Å². The summed E-state index contributed by atoms with van der Waals surface area (Å²) in [6.45, 7) is 0. The van der Waals surface area contributed by atoms with Gasteiger partial charge in [0.05, 0.1) is 6.20 Å². The van der Waals surface area contributed by atoms with Crippen molar-refractivity contribution >= 4 is 5.82 Å². The van der Waals surface area contributed by atoms with Crippen molar-refractivity contribution in [3.63, 3.8) is 0 Å².